The molecule has 0 radical (unpaired) electrons. The molecule has 2 aliphatic rings. The Hall–Kier alpha value is -2.60. The van der Waals surface area contributed by atoms with E-state index in [1.165, 1.54) is 41.3 Å². The topological polar surface area (TPSA) is 51.0 Å². The number of benzene rings is 2. The van der Waals surface area contributed by atoms with Crippen LogP contribution in [0.5, 0.6) is 0 Å². The van der Waals surface area contributed by atoms with Crippen molar-refractivity contribution in [1.29, 1.82) is 0 Å². The summed E-state index contributed by atoms with van der Waals surface area (Å²) in [6, 6.07) is 18.8. The molecule has 0 spiro atoms. The van der Waals surface area contributed by atoms with Crippen molar-refractivity contribution in [2.24, 2.45) is 0 Å². The van der Waals surface area contributed by atoms with E-state index in [1.807, 2.05) is 17.9 Å². The Morgan fingerprint density at radius 3 is 2.57 bits per heavy atom. The summed E-state index contributed by atoms with van der Waals surface area (Å²) < 4.78 is 2.22. The first kappa shape index (κ1) is 19.4. The van der Waals surface area contributed by atoms with Gasteiger partial charge in [-0.2, -0.15) is 0 Å². The predicted molar refractivity (Wildman–Crippen MR) is 118 cm³/mol. The largest absolute Gasteiger partial charge is 0.337 e. The van der Waals surface area contributed by atoms with Gasteiger partial charge in [0.15, 0.2) is 5.16 Å². The molecule has 5 nitrogen and oxygen atoms in total. The second kappa shape index (κ2) is 8.26. The van der Waals surface area contributed by atoms with E-state index in [4.69, 9.17) is 0 Å². The number of aromatic nitrogens is 3. The lowest BCUT2D eigenvalue weighted by Gasteiger charge is -2.30. The van der Waals surface area contributed by atoms with Crippen LogP contribution >= 0.6 is 11.8 Å². The van der Waals surface area contributed by atoms with Gasteiger partial charge in [-0.25, -0.2) is 0 Å². The van der Waals surface area contributed by atoms with Crippen LogP contribution in [0.25, 0.3) is 0 Å². The van der Waals surface area contributed by atoms with Gasteiger partial charge in [-0.3, -0.25) is 4.79 Å². The van der Waals surface area contributed by atoms with Crippen molar-refractivity contribution in [3.05, 3.63) is 77.1 Å². The van der Waals surface area contributed by atoms with Crippen LogP contribution in [0.2, 0.25) is 0 Å². The molecule has 1 fully saturated rings. The van der Waals surface area contributed by atoms with E-state index in [0.29, 0.717) is 12.5 Å². The molecule has 1 aliphatic carbocycles. The van der Waals surface area contributed by atoms with Crippen molar-refractivity contribution in [1.82, 2.24) is 19.7 Å². The Morgan fingerprint density at radius 1 is 1.07 bits per heavy atom. The average Bonchev–Trinajstić information content (AvgIpc) is 3.56. The van der Waals surface area contributed by atoms with Gasteiger partial charge in [0.1, 0.15) is 5.82 Å². The normalized spacial score (nSPS) is 16.9. The first-order chi connectivity index (χ1) is 14.7. The smallest absolute Gasteiger partial charge is 0.236 e. The molecular formula is C24H26N4OS. The van der Waals surface area contributed by atoms with Crippen molar-refractivity contribution in [3.63, 3.8) is 0 Å². The monoisotopic (exact) mass is 418 g/mol. The number of fused-ring (bicyclic) bond motifs is 1. The van der Waals surface area contributed by atoms with Crippen LogP contribution < -0.4 is 0 Å². The Kier molecular flexibility index (Phi) is 5.34. The molecular weight excluding hydrogens is 392 g/mol. The third-order valence-electron chi connectivity index (χ3n) is 5.94. The maximum Gasteiger partial charge on any atom is 0.236 e. The summed E-state index contributed by atoms with van der Waals surface area (Å²) in [6.07, 6.45) is 3.29. The number of carbonyl (C=O) groups is 1. The minimum absolute atomic E-state index is 0.178. The summed E-state index contributed by atoms with van der Waals surface area (Å²) >= 11 is 1.54. The number of nitrogens with zero attached hydrogens (tertiary/aromatic N) is 4. The molecule has 0 bridgehead atoms. The van der Waals surface area contributed by atoms with Crippen molar-refractivity contribution >= 4 is 17.7 Å². The van der Waals surface area contributed by atoms with E-state index < -0.39 is 0 Å². The van der Waals surface area contributed by atoms with Gasteiger partial charge < -0.3 is 9.47 Å². The highest BCUT2D eigenvalue weighted by Crippen LogP contribution is 2.40. The number of thioether (sulfide) groups is 1. The SMILES string of the molecule is C[C@H](Sc1nnc(C2CC2)n1Cc1ccccc1)C(=O)N1CCc2ccccc2C1. The van der Waals surface area contributed by atoms with Gasteiger partial charge in [-0.15, -0.1) is 10.2 Å². The van der Waals surface area contributed by atoms with Crippen molar-refractivity contribution in [2.75, 3.05) is 6.54 Å². The standard InChI is InChI=1S/C24H26N4OS/c1-17(23(29)27-14-13-19-9-5-6-10-21(19)16-27)30-24-26-25-22(20-11-12-20)28(24)15-18-7-3-2-4-8-18/h2-10,17,20H,11-16H2,1H3/t17-/m0/s1. The first-order valence-electron chi connectivity index (χ1n) is 10.7. The molecule has 0 unspecified atom stereocenters. The Labute approximate surface area is 181 Å². The van der Waals surface area contributed by atoms with Gasteiger partial charge in [0.25, 0.3) is 0 Å². The lowest BCUT2D eigenvalue weighted by Crippen LogP contribution is -2.40. The Bertz CT molecular complexity index is 1040. The summed E-state index contributed by atoms with van der Waals surface area (Å²) in [5.74, 6) is 1.75. The van der Waals surface area contributed by atoms with E-state index in [-0.39, 0.29) is 11.2 Å². The average molecular weight is 419 g/mol. The van der Waals surface area contributed by atoms with Crippen LogP contribution in [0.15, 0.2) is 59.8 Å². The molecule has 3 aromatic rings. The summed E-state index contributed by atoms with van der Waals surface area (Å²) in [5, 5.41) is 9.63. The Balaban J connectivity index is 1.32. The first-order valence-corrected chi connectivity index (χ1v) is 11.6. The zero-order chi connectivity index (χ0) is 20.5. The molecule has 1 atom stereocenters. The highest BCUT2D eigenvalue weighted by Gasteiger charge is 2.32. The molecule has 1 aromatic heterocycles. The van der Waals surface area contributed by atoms with Crippen LogP contribution in [0, 0.1) is 0 Å². The van der Waals surface area contributed by atoms with Crippen LogP contribution in [0.4, 0.5) is 0 Å². The summed E-state index contributed by atoms with van der Waals surface area (Å²) in [5.41, 5.74) is 3.85. The fourth-order valence-electron chi connectivity index (χ4n) is 4.09. The lowest BCUT2D eigenvalue weighted by atomic mass is 10.00. The molecule has 30 heavy (non-hydrogen) atoms. The zero-order valence-corrected chi connectivity index (χ0v) is 18.0. The molecule has 6 heteroatoms. The van der Waals surface area contributed by atoms with E-state index in [0.717, 1.165) is 30.5 Å². The van der Waals surface area contributed by atoms with E-state index in [9.17, 15) is 4.79 Å². The van der Waals surface area contributed by atoms with Gasteiger partial charge in [-0.1, -0.05) is 66.4 Å². The minimum Gasteiger partial charge on any atom is -0.337 e. The quantitative estimate of drug-likeness (QED) is 0.561. The molecule has 0 N–H and O–H groups in total. The molecule has 1 saturated carbocycles. The van der Waals surface area contributed by atoms with Crippen molar-refractivity contribution < 1.29 is 4.79 Å². The van der Waals surface area contributed by atoms with Crippen LogP contribution in [0.1, 0.15) is 48.2 Å². The summed E-state index contributed by atoms with van der Waals surface area (Å²) in [4.78, 5) is 15.2. The van der Waals surface area contributed by atoms with E-state index in [1.54, 1.807) is 0 Å². The number of rotatable bonds is 6. The molecule has 5 rings (SSSR count). The van der Waals surface area contributed by atoms with E-state index >= 15 is 0 Å². The highest BCUT2D eigenvalue weighted by molar-refractivity contribution is 8.00. The van der Waals surface area contributed by atoms with E-state index in [2.05, 4.69) is 63.3 Å². The fraction of sp³-hybridized carbons (Fsp3) is 0.375. The second-order valence-electron chi connectivity index (χ2n) is 8.23. The molecule has 2 aromatic carbocycles. The Morgan fingerprint density at radius 2 is 1.80 bits per heavy atom. The maximum atomic E-state index is 13.2. The molecule has 2 heterocycles. The molecule has 0 saturated heterocycles. The fourth-order valence-corrected chi connectivity index (χ4v) is 5.03. The van der Waals surface area contributed by atoms with Gasteiger partial charge in [0.05, 0.1) is 11.8 Å². The minimum atomic E-state index is -0.193. The molecule has 154 valence electrons. The maximum absolute atomic E-state index is 13.2. The lowest BCUT2D eigenvalue weighted by molar-refractivity contribution is -0.131. The second-order valence-corrected chi connectivity index (χ2v) is 9.53. The summed E-state index contributed by atoms with van der Waals surface area (Å²) in [7, 11) is 0. The van der Waals surface area contributed by atoms with Crippen LogP contribution in [-0.4, -0.2) is 37.4 Å². The highest BCUT2D eigenvalue weighted by atomic mass is 32.2. The summed E-state index contributed by atoms with van der Waals surface area (Å²) in [6.45, 7) is 4.22. The van der Waals surface area contributed by atoms with Gasteiger partial charge in [0.2, 0.25) is 5.91 Å². The third-order valence-corrected chi connectivity index (χ3v) is 7.01. The number of hydrogen-bond acceptors (Lipinski definition) is 4. The van der Waals surface area contributed by atoms with Gasteiger partial charge in [-0.05, 0) is 42.9 Å². The van der Waals surface area contributed by atoms with Crippen molar-refractivity contribution in [2.45, 2.75) is 55.6 Å². The van der Waals surface area contributed by atoms with Crippen LogP contribution in [0.3, 0.4) is 0 Å². The molecule has 1 aliphatic heterocycles. The van der Waals surface area contributed by atoms with Crippen LogP contribution in [-0.2, 0) is 24.3 Å². The van der Waals surface area contributed by atoms with Gasteiger partial charge in [0, 0.05) is 19.0 Å². The number of hydrogen-bond donors (Lipinski definition) is 0. The zero-order valence-electron chi connectivity index (χ0n) is 17.2. The third kappa shape index (κ3) is 4.01. The molecule has 1 amide bonds. The predicted octanol–water partition coefficient (Wildman–Crippen LogP) is 4.27. The van der Waals surface area contributed by atoms with Crippen molar-refractivity contribution in [3.8, 4) is 0 Å². The number of amides is 1. The number of carbonyl (C=O) groups excluding carboxylic acids is 1. The van der Waals surface area contributed by atoms with Gasteiger partial charge >= 0.3 is 0 Å².